The van der Waals surface area contributed by atoms with E-state index in [1.54, 1.807) is 6.07 Å². The second kappa shape index (κ2) is 9.47. The van der Waals surface area contributed by atoms with Gasteiger partial charge in [-0.25, -0.2) is 22.2 Å². The van der Waals surface area contributed by atoms with E-state index in [2.05, 4.69) is 26.8 Å². The molecule has 0 aliphatic carbocycles. The summed E-state index contributed by atoms with van der Waals surface area (Å²) in [6.45, 7) is 7.16. The van der Waals surface area contributed by atoms with E-state index in [0.717, 1.165) is 51.0 Å². The number of aromatic nitrogens is 1. The first kappa shape index (κ1) is 21.4. The van der Waals surface area contributed by atoms with Gasteiger partial charge in [-0.15, -0.1) is 0 Å². The predicted molar refractivity (Wildman–Crippen MR) is 106 cm³/mol. The lowest BCUT2D eigenvalue weighted by Crippen LogP contribution is -2.40. The zero-order chi connectivity index (χ0) is 20.9. The second-order valence-electron chi connectivity index (χ2n) is 7.01. The van der Waals surface area contributed by atoms with Gasteiger partial charge in [0.05, 0.1) is 18.9 Å². The van der Waals surface area contributed by atoms with Crippen LogP contribution in [0.2, 0.25) is 0 Å². The van der Waals surface area contributed by atoms with Gasteiger partial charge in [0, 0.05) is 38.4 Å². The molecular weight excluding hydrogens is 402 g/mol. The fourth-order valence-corrected chi connectivity index (χ4v) is 3.98. The molecule has 2 aromatic rings. The summed E-state index contributed by atoms with van der Waals surface area (Å²) in [6, 6.07) is 5.77. The van der Waals surface area contributed by atoms with Crippen LogP contribution in [-0.4, -0.2) is 57.7 Å². The number of benzene rings is 1. The average molecular weight is 426 g/mol. The molecule has 0 saturated carbocycles. The van der Waals surface area contributed by atoms with Gasteiger partial charge in [-0.05, 0) is 30.2 Å². The molecule has 1 aromatic heterocycles. The minimum absolute atomic E-state index is 0.0666. The molecule has 0 amide bonds. The number of halogens is 2. The summed E-state index contributed by atoms with van der Waals surface area (Å²) >= 11 is 0. The normalized spacial score (nSPS) is 16.4. The van der Waals surface area contributed by atoms with Crippen LogP contribution >= 0.6 is 0 Å². The zero-order valence-corrected chi connectivity index (χ0v) is 16.9. The number of nitrogens with one attached hydrogen (secondary N) is 2. The first-order valence-corrected chi connectivity index (χ1v) is 10.8. The van der Waals surface area contributed by atoms with E-state index in [1.807, 2.05) is 0 Å². The van der Waals surface area contributed by atoms with Gasteiger partial charge in [-0.2, -0.15) is 0 Å². The Labute approximate surface area is 169 Å². The van der Waals surface area contributed by atoms with E-state index in [0.29, 0.717) is 18.3 Å². The molecule has 1 fully saturated rings. The molecule has 1 saturated heterocycles. The molecular formula is C19H24F2N4O3S. The summed E-state index contributed by atoms with van der Waals surface area (Å²) in [6.07, 6.45) is 1.22. The molecule has 1 aromatic carbocycles. The third-order valence-corrected chi connectivity index (χ3v) is 5.89. The van der Waals surface area contributed by atoms with Crippen LogP contribution in [-0.2, 0) is 14.8 Å². The van der Waals surface area contributed by atoms with Crippen molar-refractivity contribution in [2.75, 3.05) is 49.4 Å². The molecule has 0 bridgehead atoms. The summed E-state index contributed by atoms with van der Waals surface area (Å²) in [5.41, 5.74) is -0.0666. The van der Waals surface area contributed by atoms with Crippen molar-refractivity contribution in [2.24, 2.45) is 5.92 Å². The van der Waals surface area contributed by atoms with Gasteiger partial charge < -0.3 is 10.1 Å². The molecule has 2 N–H and O–H groups in total. The van der Waals surface area contributed by atoms with Crippen LogP contribution in [0.25, 0.3) is 0 Å². The van der Waals surface area contributed by atoms with Crippen molar-refractivity contribution in [3.8, 4) is 0 Å². The molecule has 0 radical (unpaired) electrons. The van der Waals surface area contributed by atoms with Gasteiger partial charge in [-0.3, -0.25) is 9.62 Å². The predicted octanol–water partition coefficient (Wildman–Crippen LogP) is 2.54. The lowest BCUT2D eigenvalue weighted by Gasteiger charge is -2.29. The van der Waals surface area contributed by atoms with Gasteiger partial charge >= 0.3 is 0 Å². The van der Waals surface area contributed by atoms with Gasteiger partial charge in [-0.1, -0.05) is 6.92 Å². The Morgan fingerprint density at radius 3 is 2.59 bits per heavy atom. The van der Waals surface area contributed by atoms with Crippen LogP contribution in [0.4, 0.5) is 20.3 Å². The Bertz CT molecular complexity index is 920. The highest BCUT2D eigenvalue weighted by Gasteiger charge is 2.17. The van der Waals surface area contributed by atoms with Crippen molar-refractivity contribution in [2.45, 2.75) is 11.8 Å². The molecule has 7 nitrogen and oxygen atoms in total. The van der Waals surface area contributed by atoms with Crippen LogP contribution in [0, 0.1) is 17.6 Å². The Hall–Kier alpha value is -2.30. The third kappa shape index (κ3) is 6.09. The molecule has 29 heavy (non-hydrogen) atoms. The molecule has 1 aliphatic rings. The second-order valence-corrected chi connectivity index (χ2v) is 8.69. The van der Waals surface area contributed by atoms with Crippen LogP contribution < -0.4 is 10.0 Å². The van der Waals surface area contributed by atoms with Crippen molar-refractivity contribution in [3.63, 3.8) is 0 Å². The molecule has 2 heterocycles. The van der Waals surface area contributed by atoms with Gasteiger partial charge in [0.2, 0.25) is 0 Å². The van der Waals surface area contributed by atoms with Gasteiger partial charge in [0.25, 0.3) is 10.0 Å². The number of pyridine rings is 1. The van der Waals surface area contributed by atoms with E-state index in [1.165, 1.54) is 12.3 Å². The number of ether oxygens (including phenoxy) is 1. The maximum atomic E-state index is 13.3. The Kier molecular flexibility index (Phi) is 6.99. The Balaban J connectivity index is 1.55. The number of anilines is 2. The highest BCUT2D eigenvalue weighted by Crippen LogP contribution is 2.19. The molecule has 1 atom stereocenters. The lowest BCUT2D eigenvalue weighted by molar-refractivity contribution is 0.0325. The summed E-state index contributed by atoms with van der Waals surface area (Å²) in [5.74, 6) is -1.24. The maximum Gasteiger partial charge on any atom is 0.263 e. The summed E-state index contributed by atoms with van der Waals surface area (Å²) in [7, 11) is -3.96. The number of rotatable bonds is 8. The quantitative estimate of drug-likeness (QED) is 0.675. The molecule has 3 rings (SSSR count). The van der Waals surface area contributed by atoms with E-state index in [9.17, 15) is 17.2 Å². The Morgan fingerprint density at radius 1 is 1.17 bits per heavy atom. The van der Waals surface area contributed by atoms with E-state index in [4.69, 9.17) is 4.74 Å². The average Bonchev–Trinajstić information content (AvgIpc) is 2.70. The third-order valence-electron chi connectivity index (χ3n) is 4.52. The van der Waals surface area contributed by atoms with Gasteiger partial charge in [0.1, 0.15) is 10.7 Å². The number of nitrogens with zero attached hydrogens (tertiary/aromatic N) is 2. The first-order chi connectivity index (χ1) is 13.8. The highest BCUT2D eigenvalue weighted by atomic mass is 32.2. The van der Waals surface area contributed by atoms with Crippen LogP contribution in [0.1, 0.15) is 6.92 Å². The van der Waals surface area contributed by atoms with Crippen LogP contribution in [0.5, 0.6) is 0 Å². The lowest BCUT2D eigenvalue weighted by atomic mass is 10.1. The molecule has 1 unspecified atom stereocenters. The van der Waals surface area contributed by atoms with Gasteiger partial charge in [0.15, 0.2) is 11.6 Å². The number of sulfonamides is 1. The van der Waals surface area contributed by atoms with Crippen molar-refractivity contribution in [1.29, 1.82) is 0 Å². The van der Waals surface area contributed by atoms with Crippen molar-refractivity contribution in [1.82, 2.24) is 9.88 Å². The number of morpholine rings is 1. The van der Waals surface area contributed by atoms with Crippen LogP contribution in [0.3, 0.4) is 0 Å². The SMILES string of the molecule is CC(CNc1ccc(S(=O)(=O)Nc2ccc(F)c(F)c2)cn1)CN1CCOCC1. The fraction of sp³-hybridized carbons (Fsp3) is 0.421. The maximum absolute atomic E-state index is 13.3. The fourth-order valence-electron chi connectivity index (χ4n) is 2.99. The van der Waals surface area contributed by atoms with Crippen molar-refractivity contribution in [3.05, 3.63) is 48.2 Å². The van der Waals surface area contributed by atoms with E-state index in [-0.39, 0.29) is 10.6 Å². The van der Waals surface area contributed by atoms with E-state index >= 15 is 0 Å². The standard InChI is InChI=1S/C19H24F2N4O3S/c1-14(13-25-6-8-28-9-7-25)11-22-19-5-3-16(12-23-19)29(26,27)24-15-2-4-17(20)18(21)10-15/h2-5,10,12,14,24H,6-9,11,13H2,1H3,(H,22,23). The van der Waals surface area contributed by atoms with Crippen molar-refractivity contribution >= 4 is 21.5 Å². The van der Waals surface area contributed by atoms with E-state index < -0.39 is 21.7 Å². The summed E-state index contributed by atoms with van der Waals surface area (Å²) < 4.78 is 58.6. The number of hydrogen-bond donors (Lipinski definition) is 2. The molecule has 0 spiro atoms. The molecule has 158 valence electrons. The Morgan fingerprint density at radius 2 is 1.93 bits per heavy atom. The zero-order valence-electron chi connectivity index (χ0n) is 16.1. The molecule has 1 aliphatic heterocycles. The summed E-state index contributed by atoms with van der Waals surface area (Å²) in [4.78, 5) is 6.41. The minimum Gasteiger partial charge on any atom is -0.379 e. The monoisotopic (exact) mass is 426 g/mol. The molecule has 10 heteroatoms. The largest absolute Gasteiger partial charge is 0.379 e. The van der Waals surface area contributed by atoms with Crippen LogP contribution in [0.15, 0.2) is 41.4 Å². The number of hydrogen-bond acceptors (Lipinski definition) is 6. The minimum atomic E-state index is -3.96. The first-order valence-electron chi connectivity index (χ1n) is 9.31. The van der Waals surface area contributed by atoms with Crippen molar-refractivity contribution < 1.29 is 21.9 Å². The highest BCUT2D eigenvalue weighted by molar-refractivity contribution is 7.92. The summed E-state index contributed by atoms with van der Waals surface area (Å²) in [5, 5.41) is 3.20. The topological polar surface area (TPSA) is 83.6 Å². The smallest absolute Gasteiger partial charge is 0.263 e.